The fraction of sp³-hybridized carbons (Fsp3) is 0.500. The number of rotatable bonds is 2. The second-order valence-corrected chi connectivity index (χ2v) is 5.09. The zero-order valence-electron chi connectivity index (χ0n) is 10.7. The van der Waals surface area contributed by atoms with Crippen molar-refractivity contribution >= 4 is 11.0 Å². The van der Waals surface area contributed by atoms with Crippen LogP contribution in [0.5, 0.6) is 0 Å². The molecule has 1 saturated heterocycles. The van der Waals surface area contributed by atoms with Crippen molar-refractivity contribution in [1.82, 2.24) is 14.5 Å². The minimum absolute atomic E-state index is 0.433. The Hall–Kier alpha value is -1.74. The number of aromatic amines is 1. The summed E-state index contributed by atoms with van der Waals surface area (Å²) in [6, 6.07) is 1.72. The highest BCUT2D eigenvalue weighted by molar-refractivity contribution is 5.73. The lowest BCUT2D eigenvalue weighted by Crippen LogP contribution is -2.46. The molecule has 20 heavy (non-hydrogen) atoms. The molecule has 0 spiro atoms. The van der Waals surface area contributed by atoms with Gasteiger partial charge >= 0.3 is 5.69 Å². The van der Waals surface area contributed by atoms with Crippen LogP contribution in [0.1, 0.15) is 13.2 Å². The molecule has 1 aliphatic rings. The molecule has 0 aromatic carbocycles. The van der Waals surface area contributed by atoms with Gasteiger partial charge in [0, 0.05) is 17.8 Å². The van der Waals surface area contributed by atoms with Crippen molar-refractivity contribution in [2.75, 3.05) is 6.61 Å². The molecule has 0 aliphatic carbocycles. The molecule has 3 rings (SSSR count). The molecule has 0 radical (unpaired) electrons. The van der Waals surface area contributed by atoms with E-state index in [0.29, 0.717) is 11.0 Å². The number of hydrogen-bond donors (Lipinski definition) is 4. The zero-order valence-corrected chi connectivity index (χ0v) is 10.7. The number of nitrogens with one attached hydrogen (secondary N) is 1. The van der Waals surface area contributed by atoms with Gasteiger partial charge in [0.05, 0.1) is 6.61 Å². The first kappa shape index (κ1) is 13.3. The predicted molar refractivity (Wildman–Crippen MR) is 68.0 cm³/mol. The van der Waals surface area contributed by atoms with E-state index in [2.05, 4.69) is 9.97 Å². The Morgan fingerprint density at radius 1 is 1.60 bits per heavy atom. The Labute approximate surface area is 113 Å². The van der Waals surface area contributed by atoms with Crippen LogP contribution in [0.15, 0.2) is 23.3 Å². The molecule has 8 heteroatoms. The van der Waals surface area contributed by atoms with Crippen LogP contribution in [-0.4, -0.2) is 54.3 Å². The Kier molecular flexibility index (Phi) is 2.91. The van der Waals surface area contributed by atoms with E-state index in [9.17, 15) is 15.0 Å². The van der Waals surface area contributed by atoms with Gasteiger partial charge in [-0.3, -0.25) is 4.57 Å². The van der Waals surface area contributed by atoms with Crippen LogP contribution in [0, 0.1) is 0 Å². The lowest BCUT2D eigenvalue weighted by molar-refractivity contribution is -0.0985. The third-order valence-corrected chi connectivity index (χ3v) is 3.65. The first-order valence-electron chi connectivity index (χ1n) is 6.18. The summed E-state index contributed by atoms with van der Waals surface area (Å²) in [6.07, 6.45) is -0.239. The van der Waals surface area contributed by atoms with Gasteiger partial charge in [-0.2, -0.15) is 4.98 Å². The molecule has 1 fully saturated rings. The average molecular weight is 281 g/mol. The minimum atomic E-state index is -1.71. The number of H-pyrrole nitrogens is 1. The summed E-state index contributed by atoms with van der Waals surface area (Å²) in [4.78, 5) is 18.7. The number of fused-ring (bicyclic) bond motifs is 1. The maximum atomic E-state index is 12.0. The number of nitrogens with zero attached hydrogens (tertiary/aromatic N) is 2. The van der Waals surface area contributed by atoms with Gasteiger partial charge in [0.2, 0.25) is 0 Å². The smallest absolute Gasteiger partial charge is 0.351 e. The fourth-order valence-corrected chi connectivity index (χ4v) is 2.49. The highest BCUT2D eigenvalue weighted by atomic mass is 16.6. The molecule has 0 saturated carbocycles. The van der Waals surface area contributed by atoms with E-state index in [-0.39, 0.29) is 0 Å². The van der Waals surface area contributed by atoms with Crippen LogP contribution in [0.2, 0.25) is 0 Å². The van der Waals surface area contributed by atoms with Crippen LogP contribution in [0.3, 0.4) is 0 Å². The second kappa shape index (κ2) is 4.38. The Bertz CT molecular complexity index is 692. The van der Waals surface area contributed by atoms with Crippen molar-refractivity contribution in [3.8, 4) is 0 Å². The Morgan fingerprint density at radius 2 is 2.35 bits per heavy atom. The van der Waals surface area contributed by atoms with Crippen LogP contribution >= 0.6 is 0 Å². The highest BCUT2D eigenvalue weighted by Crippen LogP contribution is 2.37. The maximum Gasteiger partial charge on any atom is 0.351 e. The largest absolute Gasteiger partial charge is 0.394 e. The summed E-state index contributed by atoms with van der Waals surface area (Å²) < 4.78 is 6.51. The molecule has 3 heterocycles. The monoisotopic (exact) mass is 281 g/mol. The lowest BCUT2D eigenvalue weighted by Gasteiger charge is -2.27. The van der Waals surface area contributed by atoms with Crippen molar-refractivity contribution < 1.29 is 20.1 Å². The molecule has 0 unspecified atom stereocenters. The zero-order chi connectivity index (χ0) is 14.5. The van der Waals surface area contributed by atoms with Gasteiger partial charge in [-0.1, -0.05) is 0 Å². The molecular formula is C12H15N3O5. The number of aliphatic hydroxyl groups is 3. The predicted octanol–water partition coefficient (Wildman–Crippen LogP) is -1.27. The summed E-state index contributed by atoms with van der Waals surface area (Å²) in [5.74, 6) is 0. The molecular weight excluding hydrogens is 266 g/mol. The topological polar surface area (TPSA) is 121 Å². The summed E-state index contributed by atoms with van der Waals surface area (Å²) in [5.41, 5.74) is -1.89. The van der Waals surface area contributed by atoms with E-state index in [0.717, 1.165) is 4.57 Å². The summed E-state index contributed by atoms with van der Waals surface area (Å²) in [5, 5.41) is 30.1. The van der Waals surface area contributed by atoms with E-state index in [1.807, 2.05) is 0 Å². The molecule has 108 valence electrons. The minimum Gasteiger partial charge on any atom is -0.394 e. The van der Waals surface area contributed by atoms with E-state index in [1.54, 1.807) is 12.3 Å². The number of aliphatic hydroxyl groups excluding tert-OH is 2. The van der Waals surface area contributed by atoms with Crippen LogP contribution in [-0.2, 0) is 4.74 Å². The van der Waals surface area contributed by atoms with Crippen LogP contribution < -0.4 is 5.69 Å². The molecule has 1 aliphatic heterocycles. The van der Waals surface area contributed by atoms with Gasteiger partial charge in [-0.25, -0.2) is 4.79 Å². The van der Waals surface area contributed by atoms with Crippen molar-refractivity contribution in [2.45, 2.75) is 31.0 Å². The van der Waals surface area contributed by atoms with E-state index in [1.165, 1.54) is 13.1 Å². The van der Waals surface area contributed by atoms with Gasteiger partial charge in [-0.15, -0.1) is 0 Å². The van der Waals surface area contributed by atoms with Crippen molar-refractivity contribution in [1.29, 1.82) is 0 Å². The summed E-state index contributed by atoms with van der Waals surface area (Å²) in [7, 11) is 0. The quantitative estimate of drug-likeness (QED) is 0.544. The second-order valence-electron chi connectivity index (χ2n) is 5.09. The maximum absolute atomic E-state index is 12.0. The van der Waals surface area contributed by atoms with Gasteiger partial charge in [0.15, 0.2) is 6.23 Å². The molecule has 2 aromatic rings. The molecule has 0 bridgehead atoms. The average Bonchev–Trinajstić information content (AvgIpc) is 2.93. The first-order valence-corrected chi connectivity index (χ1v) is 6.18. The molecule has 8 nitrogen and oxygen atoms in total. The highest BCUT2D eigenvalue weighted by Gasteiger charge is 2.53. The van der Waals surface area contributed by atoms with Crippen molar-refractivity contribution in [3.05, 3.63) is 28.9 Å². The summed E-state index contributed by atoms with van der Waals surface area (Å²) in [6.45, 7) is 0.897. The lowest BCUT2D eigenvalue weighted by atomic mass is 9.96. The van der Waals surface area contributed by atoms with Crippen LogP contribution in [0.4, 0.5) is 0 Å². The van der Waals surface area contributed by atoms with Crippen LogP contribution in [0.25, 0.3) is 11.0 Å². The standard InChI is InChI=1S/C12H15N3O5/c1-12(19)8(17)7(5-16)20-10(12)15-4-6-2-3-13-9(6)14-11(15)18/h2-4,7-8,10,16-17,19H,5H2,1H3,(H,13,14,18)/t7-,8-,10-,12-/m1/s1. The number of hydrogen-bond acceptors (Lipinski definition) is 6. The van der Waals surface area contributed by atoms with Gasteiger partial charge < -0.3 is 25.0 Å². The van der Waals surface area contributed by atoms with Crippen molar-refractivity contribution in [3.63, 3.8) is 0 Å². The third-order valence-electron chi connectivity index (χ3n) is 3.65. The van der Waals surface area contributed by atoms with E-state index >= 15 is 0 Å². The molecule has 4 atom stereocenters. The number of ether oxygens (including phenoxy) is 1. The van der Waals surface area contributed by atoms with Gasteiger partial charge in [0.25, 0.3) is 0 Å². The van der Waals surface area contributed by atoms with Gasteiger partial charge in [0.1, 0.15) is 23.5 Å². The van der Waals surface area contributed by atoms with E-state index < -0.39 is 36.3 Å². The fourth-order valence-electron chi connectivity index (χ4n) is 2.49. The molecule has 0 amide bonds. The third kappa shape index (κ3) is 1.77. The summed E-state index contributed by atoms with van der Waals surface area (Å²) >= 11 is 0. The molecule has 4 N–H and O–H groups in total. The molecule has 2 aromatic heterocycles. The normalized spacial score (nSPS) is 33.9. The first-order chi connectivity index (χ1) is 9.45. The van der Waals surface area contributed by atoms with E-state index in [4.69, 9.17) is 9.84 Å². The number of aromatic nitrogens is 3. The van der Waals surface area contributed by atoms with Gasteiger partial charge in [-0.05, 0) is 13.0 Å². The Morgan fingerprint density at radius 3 is 3.00 bits per heavy atom. The SMILES string of the molecule is C[C@@]1(O)[C@H](O)[C@@H](CO)O[C@H]1n1cc2cc[nH]c2nc1=O. The Balaban J connectivity index is 2.10. The van der Waals surface area contributed by atoms with Crippen molar-refractivity contribution in [2.24, 2.45) is 0 Å².